The summed E-state index contributed by atoms with van der Waals surface area (Å²) in [5.41, 5.74) is -0.323. The minimum atomic E-state index is -5.13. The smallest absolute Gasteiger partial charge is 0.416 e. The minimum Gasteiger partial charge on any atom is -0.478 e. The first-order valence-electron chi connectivity index (χ1n) is 12.8. The Morgan fingerprint density at radius 1 is 1.07 bits per heavy atom. The number of carbonyl (C=O) groups is 4. The van der Waals surface area contributed by atoms with Crippen LogP contribution in [0.15, 0.2) is 53.5 Å². The van der Waals surface area contributed by atoms with E-state index in [1.54, 1.807) is 19.9 Å². The molecule has 3 amide bonds. The number of benzene rings is 2. The van der Waals surface area contributed by atoms with Crippen molar-refractivity contribution in [1.29, 1.82) is 0 Å². The van der Waals surface area contributed by atoms with Crippen molar-refractivity contribution in [3.8, 4) is 0 Å². The molecule has 5 N–H and O–H groups in total. The van der Waals surface area contributed by atoms with E-state index < -0.39 is 86.9 Å². The Bertz CT molecular complexity index is 1500. The molecule has 2 aromatic carbocycles. The Labute approximate surface area is 250 Å². The Kier molecular flexibility index (Phi) is 8.40. The molecule has 2 saturated heterocycles. The number of nitrogens with two attached hydrogens (primary N) is 1. The summed E-state index contributed by atoms with van der Waals surface area (Å²) < 4.78 is 78.2. The fraction of sp³-hybridized carbons (Fsp3) is 0.370. The largest absolute Gasteiger partial charge is 0.478 e. The number of nitrogens with one attached hydrogen (secondary N) is 2. The molecule has 2 aromatic rings. The van der Waals surface area contributed by atoms with Crippen LogP contribution >= 0.6 is 11.8 Å². The van der Waals surface area contributed by atoms with Crippen LogP contribution in [0.4, 0.5) is 26.3 Å². The van der Waals surface area contributed by atoms with Gasteiger partial charge in [0.2, 0.25) is 23.4 Å². The van der Waals surface area contributed by atoms with Gasteiger partial charge in [0.25, 0.3) is 0 Å². The first-order valence-corrected chi connectivity index (χ1v) is 13.7. The zero-order chi connectivity index (χ0) is 32.8. The molecule has 2 aliphatic heterocycles. The molecule has 0 saturated carbocycles. The third-order valence-corrected chi connectivity index (χ3v) is 8.69. The van der Waals surface area contributed by atoms with Gasteiger partial charge in [-0.2, -0.15) is 26.3 Å². The van der Waals surface area contributed by atoms with Gasteiger partial charge in [-0.05, 0) is 37.6 Å². The van der Waals surface area contributed by atoms with Gasteiger partial charge < -0.3 is 21.5 Å². The van der Waals surface area contributed by atoms with Crippen molar-refractivity contribution in [1.82, 2.24) is 15.5 Å². The molecule has 17 heteroatoms. The Hall–Kier alpha value is -4.28. The molecule has 3 atom stereocenters. The van der Waals surface area contributed by atoms with E-state index in [0.29, 0.717) is 12.1 Å². The number of amides is 3. The number of amidine groups is 1. The van der Waals surface area contributed by atoms with Gasteiger partial charge in [0.15, 0.2) is 0 Å². The first kappa shape index (κ1) is 32.6. The lowest BCUT2D eigenvalue weighted by molar-refractivity contribution is -0.173. The fourth-order valence-electron chi connectivity index (χ4n) is 4.98. The molecule has 2 aliphatic rings. The van der Waals surface area contributed by atoms with Crippen molar-refractivity contribution in [3.63, 3.8) is 0 Å². The van der Waals surface area contributed by atoms with Crippen LogP contribution in [0, 0.1) is 0 Å². The number of carbonyl (C=O) groups excluding carboxylic acids is 3. The molecule has 0 spiro atoms. The molecule has 0 bridgehead atoms. The van der Waals surface area contributed by atoms with E-state index in [0.717, 1.165) is 4.90 Å². The zero-order valence-corrected chi connectivity index (χ0v) is 23.7. The molecule has 10 nitrogen and oxygen atoms in total. The summed E-state index contributed by atoms with van der Waals surface area (Å²) in [6, 6.07) is 6.63. The lowest BCUT2D eigenvalue weighted by Gasteiger charge is -2.46. The van der Waals surface area contributed by atoms with E-state index in [-0.39, 0.29) is 18.1 Å². The monoisotopic (exact) mass is 645 g/mol. The fourth-order valence-corrected chi connectivity index (χ4v) is 6.67. The van der Waals surface area contributed by atoms with Crippen molar-refractivity contribution in [2.24, 2.45) is 10.7 Å². The van der Waals surface area contributed by atoms with E-state index in [1.807, 2.05) is 0 Å². The summed E-state index contributed by atoms with van der Waals surface area (Å²) in [5, 5.41) is 14.5. The van der Waals surface area contributed by atoms with E-state index in [1.165, 1.54) is 36.0 Å². The number of carboxylic acids is 1. The third kappa shape index (κ3) is 6.05. The maximum atomic E-state index is 13.6. The number of hydrogen-bond acceptors (Lipinski definition) is 6. The molecule has 1 unspecified atom stereocenters. The normalized spacial score (nSPS) is 22.1. The summed E-state index contributed by atoms with van der Waals surface area (Å²) in [7, 11) is 0. The van der Waals surface area contributed by atoms with E-state index in [9.17, 15) is 50.6 Å². The number of carboxylic acid groups (broad SMARTS) is 1. The number of halogens is 6. The molecular weight excluding hydrogens is 620 g/mol. The summed E-state index contributed by atoms with van der Waals surface area (Å²) in [6.45, 7) is 2.17. The van der Waals surface area contributed by atoms with Gasteiger partial charge in [-0.3, -0.25) is 24.3 Å². The van der Waals surface area contributed by atoms with Gasteiger partial charge in [0.05, 0.1) is 27.7 Å². The minimum absolute atomic E-state index is 0.0770. The number of aliphatic carboxylic acids is 1. The number of β-lactam (4-membered cyclic amide) rings is 1. The number of aliphatic imine (C=N–C) groups is 1. The van der Waals surface area contributed by atoms with E-state index >= 15 is 0 Å². The Morgan fingerprint density at radius 3 is 2.14 bits per heavy atom. The number of rotatable bonds is 8. The van der Waals surface area contributed by atoms with Crippen LogP contribution in [-0.2, 0) is 31.5 Å². The molecule has 4 rings (SSSR count). The first-order chi connectivity index (χ1) is 20.3. The molecule has 0 radical (unpaired) electrons. The van der Waals surface area contributed by atoms with Gasteiger partial charge in [-0.1, -0.05) is 30.3 Å². The highest BCUT2D eigenvalue weighted by molar-refractivity contribution is 8.01. The van der Waals surface area contributed by atoms with Crippen molar-refractivity contribution < 1.29 is 50.6 Å². The molecule has 2 heterocycles. The maximum absolute atomic E-state index is 13.6. The lowest BCUT2D eigenvalue weighted by atomic mass is 9.89. The van der Waals surface area contributed by atoms with Gasteiger partial charge in [-0.15, -0.1) is 11.8 Å². The maximum Gasteiger partial charge on any atom is 0.416 e. The predicted octanol–water partition coefficient (Wildman–Crippen LogP) is 3.27. The zero-order valence-electron chi connectivity index (χ0n) is 22.9. The van der Waals surface area contributed by atoms with Gasteiger partial charge in [0, 0.05) is 5.56 Å². The van der Waals surface area contributed by atoms with E-state index in [2.05, 4.69) is 15.6 Å². The van der Waals surface area contributed by atoms with Crippen LogP contribution in [0.3, 0.4) is 0 Å². The molecule has 2 fully saturated rings. The third-order valence-electron chi connectivity index (χ3n) is 7.16. The van der Waals surface area contributed by atoms with Crippen LogP contribution in [0.1, 0.15) is 48.6 Å². The summed E-state index contributed by atoms with van der Waals surface area (Å²) in [6.07, 6.45) is -10.2. The lowest BCUT2D eigenvalue weighted by Crippen LogP contribution is -2.75. The summed E-state index contributed by atoms with van der Waals surface area (Å²) >= 11 is 1.18. The van der Waals surface area contributed by atoms with E-state index in [4.69, 9.17) is 5.73 Å². The second kappa shape index (κ2) is 11.3. The van der Waals surface area contributed by atoms with Gasteiger partial charge in [-0.25, -0.2) is 4.79 Å². The molecular formula is C27H25F6N5O5S. The highest BCUT2D eigenvalue weighted by atomic mass is 32.2. The molecule has 236 valence electrons. The van der Waals surface area contributed by atoms with Crippen molar-refractivity contribution in [3.05, 3.63) is 70.8 Å². The van der Waals surface area contributed by atoms with Crippen LogP contribution in [-0.4, -0.2) is 61.9 Å². The van der Waals surface area contributed by atoms with Crippen molar-refractivity contribution >= 4 is 41.3 Å². The average molecular weight is 646 g/mol. The van der Waals surface area contributed by atoms with Gasteiger partial charge >= 0.3 is 18.3 Å². The average Bonchev–Trinajstić information content (AvgIpc) is 3.11. The predicted molar refractivity (Wildman–Crippen MR) is 145 cm³/mol. The van der Waals surface area contributed by atoms with Crippen LogP contribution < -0.4 is 16.4 Å². The highest BCUT2D eigenvalue weighted by Crippen LogP contribution is 2.55. The molecule has 0 aliphatic carbocycles. The number of fused-ring (bicyclic) bond motifs is 1. The summed E-state index contributed by atoms with van der Waals surface area (Å²) in [5.74, 6) is -4.85. The summed E-state index contributed by atoms with van der Waals surface area (Å²) in [4.78, 5) is 56.2. The second-order valence-electron chi connectivity index (χ2n) is 10.5. The Morgan fingerprint density at radius 2 is 1.64 bits per heavy atom. The number of nitrogens with zero attached hydrogens (tertiary/aromatic N) is 2. The number of hydrogen-bond donors (Lipinski definition) is 4. The quantitative estimate of drug-likeness (QED) is 0.149. The second-order valence-corrected chi connectivity index (χ2v) is 12.3. The topological polar surface area (TPSA) is 154 Å². The van der Waals surface area contributed by atoms with Crippen molar-refractivity contribution in [2.75, 3.05) is 6.54 Å². The standard InChI is InChI=1S/C27H25F6N5O5S/c1-24(2)25(23(42)43,38-18(40)11-19(38)44-24)37-22(41)20(13-6-4-3-5-7-13)36-17(39)12-35-21(34)14-8-15(26(28,29)30)10-16(9-14)27(31,32)33/h3-10,19-20H,11-12H2,1-2H3,(H2,34,35)(H,36,39)(H,37,41)(H,42,43)/t19-,20?,25+/m1/s1. The highest BCUT2D eigenvalue weighted by Gasteiger charge is 2.70. The Balaban J connectivity index is 1.60. The van der Waals surface area contributed by atoms with Gasteiger partial charge in [0.1, 0.15) is 18.4 Å². The molecule has 0 aromatic heterocycles. The number of thioether (sulfide) groups is 1. The SMILES string of the molecule is CC1(C)S[C@@H]2CC(=O)N2[C@@]1(NC(=O)C(NC(=O)CN=C(N)c1cc(C(F)(F)F)cc(C(F)(F)F)c1)c1ccccc1)C(=O)O. The van der Waals surface area contributed by atoms with Crippen LogP contribution in [0.5, 0.6) is 0 Å². The number of alkyl halides is 6. The van der Waals surface area contributed by atoms with Crippen molar-refractivity contribution in [2.45, 2.75) is 54.4 Å². The van der Waals surface area contributed by atoms with Crippen LogP contribution in [0.2, 0.25) is 0 Å². The van der Waals surface area contributed by atoms with Crippen LogP contribution in [0.25, 0.3) is 0 Å². The molecule has 44 heavy (non-hydrogen) atoms.